The van der Waals surface area contributed by atoms with Crippen LogP contribution in [-0.4, -0.2) is 32.1 Å². The number of hydrogen-bond acceptors (Lipinski definition) is 5. The van der Waals surface area contributed by atoms with Crippen LogP contribution in [0.4, 0.5) is 0 Å². The van der Waals surface area contributed by atoms with Gasteiger partial charge in [0.2, 0.25) is 0 Å². The zero-order chi connectivity index (χ0) is 19.8. The predicted molar refractivity (Wildman–Crippen MR) is 101 cm³/mol. The number of hydrazine groups is 1. The number of carbonyl (C=O) groups is 2. The first-order chi connectivity index (χ1) is 12.9. The molecule has 0 radical (unpaired) electrons. The minimum Gasteiger partial charge on any atom is -0.493 e. The van der Waals surface area contributed by atoms with Crippen LogP contribution in [0.5, 0.6) is 17.2 Å². The molecule has 0 bridgehead atoms. The Morgan fingerprint density at radius 1 is 0.852 bits per heavy atom. The molecule has 2 amide bonds. The van der Waals surface area contributed by atoms with Gasteiger partial charge in [-0.1, -0.05) is 18.2 Å². The molecule has 2 aromatic carbocycles. The van der Waals surface area contributed by atoms with E-state index in [4.69, 9.17) is 14.2 Å². The van der Waals surface area contributed by atoms with Gasteiger partial charge in [-0.3, -0.25) is 20.4 Å². The average molecular weight is 372 g/mol. The van der Waals surface area contributed by atoms with E-state index in [1.54, 1.807) is 18.2 Å². The second kappa shape index (κ2) is 9.47. The monoisotopic (exact) mass is 372 g/mol. The lowest BCUT2D eigenvalue weighted by Gasteiger charge is -2.13. The number of benzene rings is 2. The van der Waals surface area contributed by atoms with Gasteiger partial charge >= 0.3 is 0 Å². The van der Waals surface area contributed by atoms with Crippen molar-refractivity contribution < 1.29 is 23.8 Å². The van der Waals surface area contributed by atoms with Gasteiger partial charge in [0.1, 0.15) is 5.75 Å². The maximum absolute atomic E-state index is 11.8. The van der Waals surface area contributed by atoms with Crippen LogP contribution < -0.4 is 25.1 Å². The molecule has 27 heavy (non-hydrogen) atoms. The van der Waals surface area contributed by atoms with Crippen molar-refractivity contribution >= 4 is 11.8 Å². The number of hydrogen-bond donors (Lipinski definition) is 2. The number of amides is 2. The van der Waals surface area contributed by atoms with Crippen LogP contribution in [0.1, 0.15) is 16.7 Å². The summed E-state index contributed by atoms with van der Waals surface area (Å²) in [4.78, 5) is 23.6. The summed E-state index contributed by atoms with van der Waals surface area (Å²) >= 11 is 0. The predicted octanol–water partition coefficient (Wildman–Crippen LogP) is 2.23. The Hall–Kier alpha value is -3.22. The lowest BCUT2D eigenvalue weighted by atomic mass is 10.1. The maximum Gasteiger partial charge on any atom is 0.276 e. The molecule has 0 aliphatic rings. The van der Waals surface area contributed by atoms with Gasteiger partial charge in [0, 0.05) is 0 Å². The summed E-state index contributed by atoms with van der Waals surface area (Å²) in [6.07, 6.45) is 0. The Kier molecular flexibility index (Phi) is 7.05. The molecule has 0 saturated carbocycles. The average Bonchev–Trinajstić information content (AvgIpc) is 2.66. The van der Waals surface area contributed by atoms with E-state index in [-0.39, 0.29) is 13.2 Å². The van der Waals surface area contributed by atoms with Crippen LogP contribution in [0, 0.1) is 20.8 Å². The van der Waals surface area contributed by atoms with E-state index < -0.39 is 11.8 Å². The second-order valence-electron chi connectivity index (χ2n) is 6.03. The highest BCUT2D eigenvalue weighted by Gasteiger charge is 2.10. The van der Waals surface area contributed by atoms with E-state index in [0.29, 0.717) is 17.2 Å². The summed E-state index contributed by atoms with van der Waals surface area (Å²) in [6.45, 7) is 5.33. The number of rotatable bonds is 7. The molecular weight excluding hydrogens is 348 g/mol. The van der Waals surface area contributed by atoms with Gasteiger partial charge in [0.15, 0.2) is 24.7 Å². The largest absolute Gasteiger partial charge is 0.493 e. The summed E-state index contributed by atoms with van der Waals surface area (Å²) in [6, 6.07) is 11.0. The zero-order valence-electron chi connectivity index (χ0n) is 15.9. The molecule has 2 rings (SSSR count). The summed E-state index contributed by atoms with van der Waals surface area (Å²) in [5.74, 6) is 0.637. The van der Waals surface area contributed by atoms with Crippen LogP contribution >= 0.6 is 0 Å². The van der Waals surface area contributed by atoms with E-state index in [1.165, 1.54) is 7.11 Å². The number of ether oxygens (including phenoxy) is 3. The Morgan fingerprint density at radius 3 is 2.11 bits per heavy atom. The number of carbonyl (C=O) groups excluding carboxylic acids is 2. The summed E-state index contributed by atoms with van der Waals surface area (Å²) < 4.78 is 16.1. The van der Waals surface area contributed by atoms with Crippen molar-refractivity contribution in [1.82, 2.24) is 10.9 Å². The Labute approximate surface area is 158 Å². The zero-order valence-corrected chi connectivity index (χ0v) is 15.9. The van der Waals surface area contributed by atoms with E-state index in [9.17, 15) is 9.59 Å². The molecule has 144 valence electrons. The summed E-state index contributed by atoms with van der Waals surface area (Å²) in [7, 11) is 1.53. The van der Waals surface area contributed by atoms with Crippen molar-refractivity contribution in [2.45, 2.75) is 20.8 Å². The van der Waals surface area contributed by atoms with Gasteiger partial charge < -0.3 is 14.2 Å². The third-order valence-electron chi connectivity index (χ3n) is 3.93. The van der Waals surface area contributed by atoms with Gasteiger partial charge in [-0.05, 0) is 55.7 Å². The Balaban J connectivity index is 1.75. The molecule has 0 spiro atoms. The molecule has 7 nitrogen and oxygen atoms in total. The molecule has 0 aromatic heterocycles. The van der Waals surface area contributed by atoms with Crippen LogP contribution in [0.3, 0.4) is 0 Å². The molecule has 0 atom stereocenters. The molecule has 0 aliphatic heterocycles. The first-order valence-electron chi connectivity index (χ1n) is 8.45. The smallest absolute Gasteiger partial charge is 0.276 e. The molecule has 7 heteroatoms. The minimum absolute atomic E-state index is 0.211. The normalized spacial score (nSPS) is 10.1. The molecular formula is C20H24N2O5. The van der Waals surface area contributed by atoms with E-state index in [1.807, 2.05) is 39.0 Å². The standard InChI is InChI=1S/C20H24N2O5/c1-13-8-9-17(18(10-13)25-4)27-12-20(24)22-21-19(23)11-26-16-7-5-6-14(2)15(16)3/h5-10H,11-12H2,1-4H3,(H,21,23)(H,22,24). The van der Waals surface area contributed by atoms with Gasteiger partial charge in [0.25, 0.3) is 11.8 Å². The molecule has 0 heterocycles. The Morgan fingerprint density at radius 2 is 1.48 bits per heavy atom. The van der Waals surface area contributed by atoms with Crippen LogP contribution in [0.2, 0.25) is 0 Å². The lowest BCUT2D eigenvalue weighted by molar-refractivity contribution is -0.131. The fourth-order valence-electron chi connectivity index (χ4n) is 2.27. The molecule has 0 fully saturated rings. The van der Waals surface area contributed by atoms with Gasteiger partial charge in [0.05, 0.1) is 7.11 Å². The third kappa shape index (κ3) is 5.91. The molecule has 0 aliphatic carbocycles. The quantitative estimate of drug-likeness (QED) is 0.728. The van der Waals surface area contributed by atoms with E-state index in [2.05, 4.69) is 10.9 Å². The fraction of sp³-hybridized carbons (Fsp3) is 0.300. The SMILES string of the molecule is COc1cc(C)ccc1OCC(=O)NNC(=O)COc1cccc(C)c1C. The van der Waals surface area contributed by atoms with Gasteiger partial charge in [-0.15, -0.1) is 0 Å². The highest BCUT2D eigenvalue weighted by Crippen LogP contribution is 2.27. The maximum atomic E-state index is 11.8. The molecule has 2 N–H and O–H groups in total. The van der Waals surface area contributed by atoms with Gasteiger partial charge in [-0.2, -0.15) is 0 Å². The highest BCUT2D eigenvalue weighted by atomic mass is 16.5. The molecule has 0 unspecified atom stereocenters. The van der Waals surface area contributed by atoms with Crippen LogP contribution in [0.25, 0.3) is 0 Å². The van der Waals surface area contributed by atoms with E-state index in [0.717, 1.165) is 16.7 Å². The fourth-order valence-corrected chi connectivity index (χ4v) is 2.27. The van der Waals surface area contributed by atoms with Crippen molar-refractivity contribution in [2.24, 2.45) is 0 Å². The molecule has 0 saturated heterocycles. The summed E-state index contributed by atoms with van der Waals surface area (Å²) in [5.41, 5.74) is 7.62. The number of methoxy groups -OCH3 is 1. The van der Waals surface area contributed by atoms with Crippen molar-refractivity contribution in [3.05, 3.63) is 53.1 Å². The topological polar surface area (TPSA) is 85.9 Å². The first-order valence-corrected chi connectivity index (χ1v) is 8.45. The number of nitrogens with one attached hydrogen (secondary N) is 2. The van der Waals surface area contributed by atoms with Crippen molar-refractivity contribution in [1.29, 1.82) is 0 Å². The Bertz CT molecular complexity index is 820. The minimum atomic E-state index is -0.502. The number of aryl methyl sites for hydroxylation is 2. The molecule has 2 aromatic rings. The van der Waals surface area contributed by atoms with Crippen LogP contribution in [-0.2, 0) is 9.59 Å². The lowest BCUT2D eigenvalue weighted by Crippen LogP contribution is -2.45. The van der Waals surface area contributed by atoms with Crippen molar-refractivity contribution in [3.8, 4) is 17.2 Å². The second-order valence-corrected chi connectivity index (χ2v) is 6.03. The van der Waals surface area contributed by atoms with Crippen molar-refractivity contribution in [2.75, 3.05) is 20.3 Å². The first kappa shape index (κ1) is 20.1. The van der Waals surface area contributed by atoms with Crippen LogP contribution in [0.15, 0.2) is 36.4 Å². The summed E-state index contributed by atoms with van der Waals surface area (Å²) in [5, 5.41) is 0. The highest BCUT2D eigenvalue weighted by molar-refractivity contribution is 5.83. The van der Waals surface area contributed by atoms with Gasteiger partial charge in [-0.25, -0.2) is 0 Å². The third-order valence-corrected chi connectivity index (χ3v) is 3.93. The van der Waals surface area contributed by atoms with E-state index >= 15 is 0 Å². The van der Waals surface area contributed by atoms with Crippen molar-refractivity contribution in [3.63, 3.8) is 0 Å².